The summed E-state index contributed by atoms with van der Waals surface area (Å²) in [5.41, 5.74) is 14.3. The van der Waals surface area contributed by atoms with Gasteiger partial charge in [0.05, 0.1) is 6.04 Å². The highest BCUT2D eigenvalue weighted by Crippen LogP contribution is 2.42. The monoisotopic (exact) mass is 290 g/mol. The van der Waals surface area contributed by atoms with Crippen LogP contribution in [0.4, 0.5) is 5.69 Å². The SMILES string of the molecule is [N-]=[N+]=NC1CCN2c3ccccc3Cc3ccccc3C2C1. The molecule has 1 fully saturated rings. The Morgan fingerprint density at radius 3 is 2.68 bits per heavy atom. The van der Waals surface area contributed by atoms with E-state index in [1.165, 1.54) is 22.4 Å². The Balaban J connectivity index is 1.85. The molecule has 2 aliphatic rings. The molecule has 0 spiro atoms. The standard InChI is InChI=1S/C18H18N4/c19-21-20-15-9-10-22-17-8-4-2-6-14(17)11-13-5-1-3-7-16(13)18(22)12-15/h1-8,15,18H,9-12H2. The van der Waals surface area contributed by atoms with Crippen LogP contribution in [0.15, 0.2) is 53.6 Å². The normalized spacial score (nSPS) is 22.6. The summed E-state index contributed by atoms with van der Waals surface area (Å²) in [4.78, 5) is 5.53. The third-order valence-electron chi connectivity index (χ3n) is 4.89. The van der Waals surface area contributed by atoms with Crippen molar-refractivity contribution in [2.24, 2.45) is 5.11 Å². The average molecular weight is 290 g/mol. The lowest BCUT2D eigenvalue weighted by Gasteiger charge is -2.40. The van der Waals surface area contributed by atoms with Crippen LogP contribution in [0, 0.1) is 0 Å². The molecule has 0 radical (unpaired) electrons. The van der Waals surface area contributed by atoms with E-state index in [2.05, 4.69) is 63.5 Å². The van der Waals surface area contributed by atoms with E-state index in [-0.39, 0.29) is 6.04 Å². The molecule has 2 aromatic carbocycles. The maximum absolute atomic E-state index is 8.77. The minimum atomic E-state index is 0.101. The molecule has 2 aromatic rings. The summed E-state index contributed by atoms with van der Waals surface area (Å²) in [6, 6.07) is 17.8. The molecule has 22 heavy (non-hydrogen) atoms. The number of rotatable bonds is 1. The maximum atomic E-state index is 8.77. The molecule has 2 aliphatic heterocycles. The Kier molecular flexibility index (Phi) is 3.24. The largest absolute Gasteiger partial charge is 0.364 e. The van der Waals surface area contributed by atoms with E-state index in [1.807, 2.05) is 0 Å². The van der Waals surface area contributed by atoms with E-state index in [9.17, 15) is 0 Å². The fraction of sp³-hybridized carbons (Fsp3) is 0.333. The Morgan fingerprint density at radius 2 is 1.82 bits per heavy atom. The zero-order valence-corrected chi connectivity index (χ0v) is 12.4. The zero-order valence-electron chi connectivity index (χ0n) is 12.4. The number of anilines is 1. The lowest BCUT2D eigenvalue weighted by molar-refractivity contribution is 0.419. The van der Waals surface area contributed by atoms with E-state index in [4.69, 9.17) is 5.53 Å². The van der Waals surface area contributed by atoms with Crippen molar-refractivity contribution in [3.05, 3.63) is 75.7 Å². The summed E-state index contributed by atoms with van der Waals surface area (Å²) in [6.07, 6.45) is 2.80. The highest BCUT2D eigenvalue weighted by Gasteiger charge is 2.33. The van der Waals surface area contributed by atoms with Crippen molar-refractivity contribution in [1.82, 2.24) is 0 Å². The average Bonchev–Trinajstić information content (AvgIpc) is 2.69. The van der Waals surface area contributed by atoms with E-state index < -0.39 is 0 Å². The van der Waals surface area contributed by atoms with E-state index in [1.54, 1.807) is 0 Å². The molecule has 0 saturated carbocycles. The van der Waals surface area contributed by atoms with Gasteiger partial charge in [0.15, 0.2) is 0 Å². The van der Waals surface area contributed by atoms with E-state index in [0.29, 0.717) is 6.04 Å². The Morgan fingerprint density at radius 1 is 1.05 bits per heavy atom. The molecule has 0 aromatic heterocycles. The number of para-hydroxylation sites is 1. The van der Waals surface area contributed by atoms with Crippen LogP contribution in [0.5, 0.6) is 0 Å². The first-order valence-electron chi connectivity index (χ1n) is 7.83. The summed E-state index contributed by atoms with van der Waals surface area (Å²) < 4.78 is 0. The van der Waals surface area contributed by atoms with Gasteiger partial charge in [-0.15, -0.1) is 0 Å². The quantitative estimate of drug-likeness (QED) is 0.430. The van der Waals surface area contributed by atoms with Gasteiger partial charge in [0.1, 0.15) is 0 Å². The number of azide groups is 1. The van der Waals surface area contributed by atoms with Gasteiger partial charge >= 0.3 is 0 Å². The summed E-state index contributed by atoms with van der Waals surface area (Å²) >= 11 is 0. The minimum absolute atomic E-state index is 0.101. The fourth-order valence-corrected chi connectivity index (χ4v) is 3.87. The Bertz CT molecular complexity index is 748. The summed E-state index contributed by atoms with van der Waals surface area (Å²) in [6.45, 7) is 0.944. The zero-order chi connectivity index (χ0) is 14.9. The third kappa shape index (κ3) is 2.13. The van der Waals surface area contributed by atoms with Gasteiger partial charge in [0, 0.05) is 23.2 Å². The molecular weight excluding hydrogens is 272 g/mol. The Labute approximate surface area is 130 Å². The highest BCUT2D eigenvalue weighted by atomic mass is 15.2. The van der Waals surface area contributed by atoms with Gasteiger partial charge in [-0.25, -0.2) is 0 Å². The number of hydrogen-bond acceptors (Lipinski definition) is 2. The van der Waals surface area contributed by atoms with E-state index >= 15 is 0 Å². The summed E-state index contributed by atoms with van der Waals surface area (Å²) in [5.74, 6) is 0. The second kappa shape index (κ2) is 5.39. The van der Waals surface area contributed by atoms with Gasteiger partial charge in [-0.3, -0.25) is 0 Å². The van der Waals surface area contributed by atoms with Crippen molar-refractivity contribution in [2.75, 3.05) is 11.4 Å². The van der Waals surface area contributed by atoms with Crippen molar-refractivity contribution in [2.45, 2.75) is 31.3 Å². The second-order valence-corrected chi connectivity index (χ2v) is 6.10. The van der Waals surface area contributed by atoms with Crippen LogP contribution in [0.3, 0.4) is 0 Å². The van der Waals surface area contributed by atoms with Crippen molar-refractivity contribution < 1.29 is 0 Å². The number of nitrogens with zero attached hydrogens (tertiary/aromatic N) is 4. The first-order chi connectivity index (χ1) is 10.9. The molecule has 1 saturated heterocycles. The van der Waals surface area contributed by atoms with Crippen LogP contribution in [0.2, 0.25) is 0 Å². The van der Waals surface area contributed by atoms with Gasteiger partial charge < -0.3 is 4.90 Å². The number of fused-ring (bicyclic) bond motifs is 5. The van der Waals surface area contributed by atoms with Crippen molar-refractivity contribution in [1.29, 1.82) is 0 Å². The fourth-order valence-electron chi connectivity index (χ4n) is 3.87. The molecule has 0 bridgehead atoms. The Hall–Kier alpha value is -2.45. The number of hydrogen-bond donors (Lipinski definition) is 0. The molecule has 4 rings (SSSR count). The van der Waals surface area contributed by atoms with Gasteiger partial charge in [-0.2, -0.15) is 0 Å². The van der Waals surface area contributed by atoms with Crippen LogP contribution in [-0.4, -0.2) is 12.6 Å². The molecule has 4 heteroatoms. The molecule has 0 amide bonds. The highest BCUT2D eigenvalue weighted by molar-refractivity contribution is 5.60. The van der Waals surface area contributed by atoms with Gasteiger partial charge in [-0.05, 0) is 47.6 Å². The lowest BCUT2D eigenvalue weighted by atomic mass is 9.90. The predicted molar refractivity (Wildman–Crippen MR) is 87.9 cm³/mol. The number of piperidine rings is 1. The molecule has 0 N–H and O–H groups in total. The maximum Gasteiger partial charge on any atom is 0.0549 e. The molecule has 2 unspecified atom stereocenters. The molecular formula is C18H18N4. The molecule has 2 heterocycles. The van der Waals surface area contributed by atoms with E-state index in [0.717, 1.165) is 25.8 Å². The third-order valence-corrected chi connectivity index (χ3v) is 4.89. The topological polar surface area (TPSA) is 52.0 Å². The lowest BCUT2D eigenvalue weighted by Crippen LogP contribution is -2.38. The number of benzene rings is 2. The summed E-state index contributed by atoms with van der Waals surface area (Å²) in [5, 5.41) is 3.99. The van der Waals surface area contributed by atoms with Crippen LogP contribution >= 0.6 is 0 Å². The second-order valence-electron chi connectivity index (χ2n) is 6.10. The van der Waals surface area contributed by atoms with Crippen molar-refractivity contribution in [3.8, 4) is 0 Å². The van der Waals surface area contributed by atoms with Gasteiger partial charge in [-0.1, -0.05) is 47.6 Å². The summed E-state index contributed by atoms with van der Waals surface area (Å²) in [7, 11) is 0. The van der Waals surface area contributed by atoms with Gasteiger partial charge in [0.2, 0.25) is 0 Å². The first kappa shape index (κ1) is 13.2. The van der Waals surface area contributed by atoms with Crippen LogP contribution < -0.4 is 4.90 Å². The smallest absolute Gasteiger partial charge is 0.0549 e. The molecule has 2 atom stereocenters. The van der Waals surface area contributed by atoms with Gasteiger partial charge in [0.25, 0.3) is 0 Å². The van der Waals surface area contributed by atoms with Crippen molar-refractivity contribution in [3.63, 3.8) is 0 Å². The first-order valence-corrected chi connectivity index (χ1v) is 7.83. The predicted octanol–water partition coefficient (Wildman–Crippen LogP) is 4.61. The molecule has 4 nitrogen and oxygen atoms in total. The van der Waals surface area contributed by atoms with Crippen LogP contribution in [0.1, 0.15) is 35.6 Å². The molecule has 110 valence electrons. The van der Waals surface area contributed by atoms with Crippen molar-refractivity contribution >= 4 is 5.69 Å². The minimum Gasteiger partial charge on any atom is -0.364 e. The molecule has 0 aliphatic carbocycles. The van der Waals surface area contributed by atoms with Crippen LogP contribution in [-0.2, 0) is 6.42 Å². The van der Waals surface area contributed by atoms with Crippen LogP contribution in [0.25, 0.3) is 10.4 Å².